The van der Waals surface area contributed by atoms with Crippen molar-refractivity contribution >= 4 is 92.8 Å². The number of nitrogens with one attached hydrogen (secondary N) is 10. The molecule has 2 aromatic heterocycles. The van der Waals surface area contributed by atoms with E-state index in [4.69, 9.17) is 22.9 Å². The molecule has 0 saturated carbocycles. The van der Waals surface area contributed by atoms with E-state index < -0.39 is 152 Å². The second kappa shape index (κ2) is 28.0. The van der Waals surface area contributed by atoms with E-state index in [1.165, 1.54) is 13.8 Å². The Morgan fingerprint density at radius 3 is 1.50 bits per heavy atom. The summed E-state index contributed by atoms with van der Waals surface area (Å²) < 4.78 is 0. The standard InChI is InChI=1S/C49H66N14O13/c1-23(2)15-34(47(74)62-36(18-39(52)65)46(73)57-25(4)44(71)56-22-40(66)58-33(42(53)69)16-26-20-54-30-11-7-5-9-28(26)30)61-49(76)37(19-41(67)68)63-45(72)32(13-14-38(51)64)59-48(75)35(60-43(70)24(3)50)17-27-21-55-31-12-8-6-10-29(27)31/h5-12,20-21,23-25,32-37,54-55H,13-19,22,50H2,1-4H3,(H2,51,64)(H2,52,65)(H2,53,69)(H,56,71)(H,57,73)(H,58,66)(H,59,75)(H,60,70)(H,61,76)(H,62,74)(H,63,72)(H,67,68). The molecule has 0 aliphatic carbocycles. The molecule has 2 heterocycles. The highest BCUT2D eigenvalue weighted by Gasteiger charge is 2.35. The van der Waals surface area contributed by atoms with Crippen molar-refractivity contribution in [2.45, 2.75) is 121 Å². The van der Waals surface area contributed by atoms with Crippen molar-refractivity contribution in [3.8, 4) is 0 Å². The molecule has 0 aliphatic heterocycles. The summed E-state index contributed by atoms with van der Waals surface area (Å²) in [5.74, 6) is -12.6. The van der Waals surface area contributed by atoms with Crippen molar-refractivity contribution in [2.75, 3.05) is 6.54 Å². The minimum absolute atomic E-state index is 0.0371. The minimum atomic E-state index is -1.94. The molecule has 76 heavy (non-hydrogen) atoms. The molecule has 27 nitrogen and oxygen atoms in total. The van der Waals surface area contributed by atoms with Crippen molar-refractivity contribution in [2.24, 2.45) is 28.9 Å². The third kappa shape index (κ3) is 18.3. The van der Waals surface area contributed by atoms with Gasteiger partial charge >= 0.3 is 5.97 Å². The van der Waals surface area contributed by atoms with Crippen LogP contribution in [0.5, 0.6) is 0 Å². The Morgan fingerprint density at radius 1 is 0.526 bits per heavy atom. The first-order valence-corrected chi connectivity index (χ1v) is 24.2. The van der Waals surface area contributed by atoms with Gasteiger partial charge < -0.3 is 80.5 Å². The predicted molar refractivity (Wildman–Crippen MR) is 273 cm³/mol. The number of aromatic nitrogens is 2. The second-order valence-corrected chi connectivity index (χ2v) is 18.6. The molecule has 0 radical (unpaired) electrons. The lowest BCUT2D eigenvalue weighted by Crippen LogP contribution is -2.60. The van der Waals surface area contributed by atoms with Gasteiger partial charge in [0.05, 0.1) is 25.4 Å². The number of H-pyrrole nitrogens is 2. The molecule has 0 bridgehead atoms. The number of rotatable bonds is 30. The number of fused-ring (bicyclic) bond motifs is 2. The van der Waals surface area contributed by atoms with E-state index in [0.29, 0.717) is 11.1 Å². The Balaban J connectivity index is 1.44. The van der Waals surface area contributed by atoms with E-state index in [-0.39, 0.29) is 25.2 Å². The van der Waals surface area contributed by atoms with Crippen LogP contribution in [0.4, 0.5) is 0 Å². The van der Waals surface area contributed by atoms with Crippen LogP contribution in [0, 0.1) is 5.92 Å². The number of carbonyl (C=O) groups excluding carboxylic acids is 11. The fraction of sp³-hybridized carbons (Fsp3) is 0.429. The molecule has 8 unspecified atom stereocenters. The van der Waals surface area contributed by atoms with Gasteiger partial charge in [-0.25, -0.2) is 0 Å². The van der Waals surface area contributed by atoms with Crippen LogP contribution in [0.1, 0.15) is 70.9 Å². The number of aliphatic carboxylic acids is 1. The van der Waals surface area contributed by atoms with E-state index in [2.05, 4.69) is 52.5 Å². The van der Waals surface area contributed by atoms with Gasteiger partial charge in [-0.15, -0.1) is 0 Å². The molecule has 19 N–H and O–H groups in total. The summed E-state index contributed by atoms with van der Waals surface area (Å²) in [6.07, 6.45) is 0.280. The lowest BCUT2D eigenvalue weighted by molar-refractivity contribution is -0.141. The summed E-state index contributed by atoms with van der Waals surface area (Å²) in [5.41, 5.74) is 24.9. The summed E-state index contributed by atoms with van der Waals surface area (Å²) in [7, 11) is 0. The molecular weight excluding hydrogens is 993 g/mol. The molecule has 0 aliphatic rings. The lowest BCUT2D eigenvalue weighted by Gasteiger charge is -2.27. The number of para-hydroxylation sites is 2. The van der Waals surface area contributed by atoms with Crippen molar-refractivity contribution in [1.29, 1.82) is 0 Å². The number of amides is 11. The molecule has 8 atom stereocenters. The Kier molecular flexibility index (Phi) is 22.0. The van der Waals surface area contributed by atoms with Gasteiger partial charge in [-0.1, -0.05) is 50.2 Å². The summed E-state index contributed by atoms with van der Waals surface area (Å²) in [6.45, 7) is 5.27. The lowest BCUT2D eigenvalue weighted by atomic mass is 10.0. The van der Waals surface area contributed by atoms with Gasteiger partial charge in [0.1, 0.15) is 42.3 Å². The van der Waals surface area contributed by atoms with E-state index in [0.717, 1.165) is 21.8 Å². The van der Waals surface area contributed by atoms with Crippen LogP contribution >= 0.6 is 0 Å². The first-order valence-electron chi connectivity index (χ1n) is 24.2. The number of aromatic amines is 2. The number of hydrogen-bond acceptors (Lipinski definition) is 13. The average Bonchev–Trinajstić information content (AvgIpc) is 3.96. The molecule has 11 amide bonds. The maximum absolute atomic E-state index is 13.9. The normalized spacial score (nSPS) is 14.3. The van der Waals surface area contributed by atoms with Crippen molar-refractivity contribution in [3.63, 3.8) is 0 Å². The molecular formula is C49H66N14O13. The topological polar surface area (TPSA) is 457 Å². The zero-order chi connectivity index (χ0) is 56.4. The van der Waals surface area contributed by atoms with Gasteiger partial charge in [-0.2, -0.15) is 0 Å². The largest absolute Gasteiger partial charge is 0.481 e. The maximum Gasteiger partial charge on any atom is 0.305 e. The number of hydrogen-bond donors (Lipinski definition) is 15. The Bertz CT molecular complexity index is 2810. The quantitative estimate of drug-likeness (QED) is 0.0241. The van der Waals surface area contributed by atoms with Gasteiger partial charge in [0.15, 0.2) is 0 Å². The molecule has 27 heteroatoms. The van der Waals surface area contributed by atoms with Crippen LogP contribution in [-0.2, 0) is 70.4 Å². The predicted octanol–water partition coefficient (Wildman–Crippen LogP) is -3.54. The van der Waals surface area contributed by atoms with Crippen LogP contribution in [0.3, 0.4) is 0 Å². The Labute approximate surface area is 435 Å². The fourth-order valence-electron chi connectivity index (χ4n) is 7.86. The van der Waals surface area contributed by atoms with Crippen LogP contribution in [-0.4, -0.2) is 141 Å². The van der Waals surface area contributed by atoms with E-state index in [1.54, 1.807) is 56.6 Å². The highest BCUT2D eigenvalue weighted by atomic mass is 16.4. The molecule has 0 spiro atoms. The summed E-state index contributed by atoms with van der Waals surface area (Å²) in [5, 5.41) is 30.4. The smallest absolute Gasteiger partial charge is 0.305 e. The average molecular weight is 1060 g/mol. The van der Waals surface area contributed by atoms with E-state index in [9.17, 15) is 62.6 Å². The van der Waals surface area contributed by atoms with Crippen LogP contribution in [0.15, 0.2) is 60.9 Å². The Morgan fingerprint density at radius 2 is 0.987 bits per heavy atom. The number of carbonyl (C=O) groups is 12. The number of primary amides is 3. The summed E-state index contributed by atoms with van der Waals surface area (Å²) >= 11 is 0. The third-order valence-electron chi connectivity index (χ3n) is 11.8. The number of benzene rings is 2. The Hall–Kier alpha value is -8.88. The number of carboxylic acid groups (broad SMARTS) is 1. The van der Waals surface area contributed by atoms with Gasteiger partial charge in [0.25, 0.3) is 0 Å². The third-order valence-corrected chi connectivity index (χ3v) is 11.8. The maximum atomic E-state index is 13.9. The zero-order valence-corrected chi connectivity index (χ0v) is 42.3. The molecule has 2 aromatic carbocycles. The zero-order valence-electron chi connectivity index (χ0n) is 42.3. The fourth-order valence-corrected chi connectivity index (χ4v) is 7.86. The molecule has 410 valence electrons. The molecule has 4 rings (SSSR count). The summed E-state index contributed by atoms with van der Waals surface area (Å²) in [6, 6.07) is 2.53. The second-order valence-electron chi connectivity index (χ2n) is 18.6. The highest BCUT2D eigenvalue weighted by molar-refractivity contribution is 6.00. The van der Waals surface area contributed by atoms with Crippen molar-refractivity contribution in [1.82, 2.24) is 52.5 Å². The van der Waals surface area contributed by atoms with Crippen molar-refractivity contribution in [3.05, 3.63) is 72.1 Å². The number of carboxylic acids is 1. The van der Waals surface area contributed by atoms with Gasteiger partial charge in [-0.3, -0.25) is 57.5 Å². The molecule has 4 aromatic rings. The monoisotopic (exact) mass is 1060 g/mol. The summed E-state index contributed by atoms with van der Waals surface area (Å²) in [4.78, 5) is 162. The SMILES string of the molecule is CC(C)CC(NC(=O)C(CC(=O)O)NC(=O)C(CCC(N)=O)NC(=O)C(Cc1c[nH]c2ccccc12)NC(=O)C(C)N)C(=O)NC(CC(N)=O)C(=O)NC(C)C(=O)NCC(=O)NC(Cc1c[nH]c2ccccc12)C(N)=O. The minimum Gasteiger partial charge on any atom is -0.481 e. The van der Waals surface area contributed by atoms with Gasteiger partial charge in [-0.05, 0) is 55.9 Å². The highest BCUT2D eigenvalue weighted by Crippen LogP contribution is 2.21. The first kappa shape index (κ1) is 59.7. The van der Waals surface area contributed by atoms with Crippen LogP contribution in [0.25, 0.3) is 21.8 Å². The molecule has 0 saturated heterocycles. The molecule has 0 fully saturated rings. The van der Waals surface area contributed by atoms with Crippen LogP contribution in [0.2, 0.25) is 0 Å². The van der Waals surface area contributed by atoms with Crippen LogP contribution < -0.4 is 65.5 Å². The van der Waals surface area contributed by atoms with Crippen molar-refractivity contribution < 1.29 is 62.6 Å². The number of nitrogens with two attached hydrogens (primary N) is 4. The van der Waals surface area contributed by atoms with Gasteiger partial charge in [0.2, 0.25) is 65.0 Å². The van der Waals surface area contributed by atoms with E-state index >= 15 is 0 Å². The van der Waals surface area contributed by atoms with Gasteiger partial charge in [0, 0.05) is 53.5 Å². The first-order chi connectivity index (χ1) is 35.8. The van der Waals surface area contributed by atoms with E-state index in [1.807, 2.05) is 18.2 Å².